The first kappa shape index (κ1) is 22.2. The van der Waals surface area contributed by atoms with Crippen LogP contribution in [-0.2, 0) is 16.1 Å². The van der Waals surface area contributed by atoms with Gasteiger partial charge in [-0.1, -0.05) is 12.1 Å². The van der Waals surface area contributed by atoms with Crippen LogP contribution in [0.2, 0.25) is 0 Å². The summed E-state index contributed by atoms with van der Waals surface area (Å²) in [5.74, 6) is -2.41. The van der Waals surface area contributed by atoms with Crippen LogP contribution in [0.25, 0.3) is 5.65 Å². The molecule has 4 rings (SSSR count). The van der Waals surface area contributed by atoms with Gasteiger partial charge in [-0.3, -0.25) is 18.8 Å². The van der Waals surface area contributed by atoms with Gasteiger partial charge in [-0.15, -0.1) is 0 Å². The van der Waals surface area contributed by atoms with Crippen LogP contribution in [0.3, 0.4) is 0 Å². The highest BCUT2D eigenvalue weighted by Crippen LogP contribution is 2.25. The number of morpholine rings is 1. The van der Waals surface area contributed by atoms with Crippen molar-refractivity contribution in [3.05, 3.63) is 64.0 Å². The van der Waals surface area contributed by atoms with Gasteiger partial charge in [0.15, 0.2) is 11.3 Å². The average molecular weight is 455 g/mol. The molecule has 0 aliphatic carbocycles. The Morgan fingerprint density at radius 3 is 2.58 bits per heavy atom. The van der Waals surface area contributed by atoms with E-state index in [0.29, 0.717) is 37.6 Å². The van der Waals surface area contributed by atoms with Crippen LogP contribution in [0, 0.1) is 5.82 Å². The minimum Gasteiger partial charge on any atom is -0.501 e. The Morgan fingerprint density at radius 1 is 1.21 bits per heavy atom. The maximum atomic E-state index is 13.1. The molecule has 1 saturated heterocycles. The maximum absolute atomic E-state index is 13.1. The number of nitrogens with one attached hydrogen (secondary N) is 2. The molecule has 11 heteroatoms. The van der Waals surface area contributed by atoms with Gasteiger partial charge < -0.3 is 25.4 Å². The number of hydrogen-bond donors (Lipinski definition) is 3. The van der Waals surface area contributed by atoms with Gasteiger partial charge in [0.1, 0.15) is 5.82 Å². The second kappa shape index (κ2) is 9.25. The van der Waals surface area contributed by atoms with Crippen LogP contribution < -0.4 is 21.1 Å². The van der Waals surface area contributed by atoms with Crippen molar-refractivity contribution >= 4 is 28.8 Å². The fourth-order valence-electron chi connectivity index (χ4n) is 3.52. The minimum atomic E-state index is -0.853. The summed E-state index contributed by atoms with van der Waals surface area (Å²) in [6.07, 6.45) is 1.50. The Labute approximate surface area is 187 Å². The molecule has 2 aromatic heterocycles. The van der Waals surface area contributed by atoms with Gasteiger partial charge in [-0.2, -0.15) is 0 Å². The molecule has 3 N–H and O–H groups in total. The number of benzene rings is 1. The lowest BCUT2D eigenvalue weighted by molar-refractivity contribution is -0.114. The summed E-state index contributed by atoms with van der Waals surface area (Å²) in [5.41, 5.74) is 0.150. The predicted octanol–water partition coefficient (Wildman–Crippen LogP) is 1.26. The van der Waals surface area contributed by atoms with Gasteiger partial charge in [0, 0.05) is 32.8 Å². The van der Waals surface area contributed by atoms with Crippen molar-refractivity contribution in [3.8, 4) is 5.75 Å². The molecule has 1 aromatic carbocycles. The fourth-order valence-corrected chi connectivity index (χ4v) is 3.52. The van der Waals surface area contributed by atoms with E-state index >= 15 is 0 Å². The Balaban J connectivity index is 1.73. The van der Waals surface area contributed by atoms with E-state index in [9.17, 15) is 23.9 Å². The first-order chi connectivity index (χ1) is 15.8. The van der Waals surface area contributed by atoms with Crippen LogP contribution in [-0.4, -0.2) is 52.6 Å². The summed E-state index contributed by atoms with van der Waals surface area (Å²) in [5, 5.41) is 15.6. The monoisotopic (exact) mass is 455 g/mol. The molecule has 0 unspecified atom stereocenters. The molecule has 0 saturated carbocycles. The van der Waals surface area contributed by atoms with Crippen LogP contribution >= 0.6 is 0 Å². The predicted molar refractivity (Wildman–Crippen MR) is 118 cm³/mol. The number of carbonyl (C=O) groups is 2. The molecule has 3 aromatic rings. The summed E-state index contributed by atoms with van der Waals surface area (Å²) in [6, 6.07) is 7.17. The summed E-state index contributed by atoms with van der Waals surface area (Å²) in [4.78, 5) is 43.6. The van der Waals surface area contributed by atoms with E-state index in [2.05, 4.69) is 15.6 Å². The second-order valence-electron chi connectivity index (χ2n) is 7.51. The number of anilines is 2. The standard InChI is InChI=1S/C22H22FN5O5/c1-13(29)25-17-10-16(27-6-8-33-9-7-27)12-28-20(17)26-18(19(30)22(28)32)21(31)24-11-14-2-4-15(23)5-3-14/h2-5,10,12,30H,6-9,11H2,1H3,(H,24,31)(H,25,29). The highest BCUT2D eigenvalue weighted by atomic mass is 19.1. The third-order valence-corrected chi connectivity index (χ3v) is 5.15. The number of halogens is 1. The third kappa shape index (κ3) is 4.77. The van der Waals surface area contributed by atoms with Crippen LogP contribution in [0.5, 0.6) is 5.75 Å². The van der Waals surface area contributed by atoms with Crippen LogP contribution in [0.15, 0.2) is 41.3 Å². The molecular formula is C22H22FN5O5. The number of amides is 2. The molecule has 0 radical (unpaired) electrons. The lowest BCUT2D eigenvalue weighted by Gasteiger charge is -2.29. The molecule has 0 bridgehead atoms. The molecule has 172 valence electrons. The largest absolute Gasteiger partial charge is 0.501 e. The Morgan fingerprint density at radius 2 is 1.91 bits per heavy atom. The van der Waals surface area contributed by atoms with Crippen LogP contribution in [0.4, 0.5) is 15.8 Å². The Bertz CT molecular complexity index is 1270. The van der Waals surface area contributed by atoms with Crippen LogP contribution in [0.1, 0.15) is 23.0 Å². The van der Waals surface area contributed by atoms with Crippen molar-refractivity contribution < 1.29 is 23.8 Å². The Hall–Kier alpha value is -3.99. The summed E-state index contributed by atoms with van der Waals surface area (Å²) >= 11 is 0. The quantitative estimate of drug-likeness (QED) is 0.529. The molecule has 0 atom stereocenters. The number of hydrogen-bond acceptors (Lipinski definition) is 7. The number of carbonyl (C=O) groups excluding carboxylic acids is 2. The van der Waals surface area contributed by atoms with Crippen molar-refractivity contribution in [2.75, 3.05) is 36.5 Å². The van der Waals surface area contributed by atoms with Gasteiger partial charge >= 0.3 is 5.56 Å². The number of ether oxygens (including phenoxy) is 1. The Kier molecular flexibility index (Phi) is 6.22. The van der Waals surface area contributed by atoms with Crippen molar-refractivity contribution in [3.63, 3.8) is 0 Å². The van der Waals surface area contributed by atoms with E-state index in [1.165, 1.54) is 37.4 Å². The summed E-state index contributed by atoms with van der Waals surface area (Å²) in [7, 11) is 0. The molecule has 2 amide bonds. The van der Waals surface area contributed by atoms with Crippen molar-refractivity contribution in [1.29, 1.82) is 0 Å². The maximum Gasteiger partial charge on any atom is 0.301 e. The zero-order valence-corrected chi connectivity index (χ0v) is 17.8. The molecule has 1 aliphatic heterocycles. The van der Waals surface area contributed by atoms with E-state index < -0.39 is 28.7 Å². The number of aromatic nitrogens is 2. The van der Waals surface area contributed by atoms with E-state index in [1.807, 2.05) is 4.90 Å². The lowest BCUT2D eigenvalue weighted by atomic mass is 10.2. The SMILES string of the molecule is CC(=O)Nc1cc(N2CCOCC2)cn2c(=O)c(O)c(C(=O)NCc3ccc(F)cc3)nc12. The first-order valence-electron chi connectivity index (χ1n) is 10.3. The highest BCUT2D eigenvalue weighted by Gasteiger charge is 2.22. The topological polar surface area (TPSA) is 125 Å². The van der Waals surface area contributed by atoms with Gasteiger partial charge in [-0.25, -0.2) is 9.37 Å². The van der Waals surface area contributed by atoms with Gasteiger partial charge in [0.25, 0.3) is 5.91 Å². The van der Waals surface area contributed by atoms with E-state index in [1.54, 1.807) is 6.07 Å². The number of pyridine rings is 1. The van der Waals surface area contributed by atoms with E-state index in [-0.39, 0.29) is 23.8 Å². The zero-order valence-electron chi connectivity index (χ0n) is 17.8. The van der Waals surface area contributed by atoms with Gasteiger partial charge in [-0.05, 0) is 23.8 Å². The first-order valence-corrected chi connectivity index (χ1v) is 10.3. The number of nitrogens with zero attached hydrogens (tertiary/aromatic N) is 3. The molecule has 10 nitrogen and oxygen atoms in total. The highest BCUT2D eigenvalue weighted by molar-refractivity contribution is 5.97. The van der Waals surface area contributed by atoms with Gasteiger partial charge in [0.05, 0.1) is 24.6 Å². The lowest BCUT2D eigenvalue weighted by Crippen LogP contribution is -2.36. The van der Waals surface area contributed by atoms with Crippen molar-refractivity contribution in [2.45, 2.75) is 13.5 Å². The van der Waals surface area contributed by atoms with Crippen molar-refractivity contribution in [2.24, 2.45) is 0 Å². The molecular weight excluding hydrogens is 433 g/mol. The van der Waals surface area contributed by atoms with E-state index in [4.69, 9.17) is 4.74 Å². The van der Waals surface area contributed by atoms with Crippen molar-refractivity contribution in [1.82, 2.24) is 14.7 Å². The number of aromatic hydroxyl groups is 1. The van der Waals surface area contributed by atoms with Gasteiger partial charge in [0.2, 0.25) is 11.7 Å². The minimum absolute atomic E-state index is 0.0111. The smallest absolute Gasteiger partial charge is 0.301 e. The number of fused-ring (bicyclic) bond motifs is 1. The third-order valence-electron chi connectivity index (χ3n) is 5.15. The molecule has 0 spiro atoms. The molecule has 33 heavy (non-hydrogen) atoms. The normalized spacial score (nSPS) is 13.7. The fraction of sp³-hybridized carbons (Fsp3) is 0.273. The van der Waals surface area contributed by atoms with E-state index in [0.717, 1.165) is 4.40 Å². The molecule has 1 fully saturated rings. The summed E-state index contributed by atoms with van der Waals surface area (Å²) in [6.45, 7) is 3.55. The molecule has 3 heterocycles. The molecule has 1 aliphatic rings. The second-order valence-corrected chi connectivity index (χ2v) is 7.51. The average Bonchev–Trinajstić information content (AvgIpc) is 2.81. The number of rotatable bonds is 5. The zero-order chi connectivity index (χ0) is 23.5. The summed E-state index contributed by atoms with van der Waals surface area (Å²) < 4.78 is 19.5.